The van der Waals surface area contributed by atoms with Crippen LogP contribution in [0.1, 0.15) is 29.8 Å². The summed E-state index contributed by atoms with van der Waals surface area (Å²) in [6.07, 6.45) is 0. The molecule has 1 aliphatic heterocycles. The van der Waals surface area contributed by atoms with Gasteiger partial charge in [-0.25, -0.2) is 0 Å². The number of amides is 1. The molecule has 0 spiro atoms. The molecule has 0 saturated carbocycles. The molecule has 0 aromatic heterocycles. The van der Waals surface area contributed by atoms with Crippen LogP contribution in [0.2, 0.25) is 5.02 Å². The molecule has 1 aliphatic rings. The molecule has 2 aromatic rings. The van der Waals surface area contributed by atoms with Gasteiger partial charge in [0.05, 0.1) is 28.2 Å². The van der Waals surface area contributed by atoms with Crippen molar-refractivity contribution in [2.24, 2.45) is 0 Å². The molecule has 0 saturated heterocycles. The van der Waals surface area contributed by atoms with Crippen molar-refractivity contribution in [2.45, 2.75) is 19.4 Å². The van der Waals surface area contributed by atoms with Crippen LogP contribution in [0.25, 0.3) is 0 Å². The van der Waals surface area contributed by atoms with Crippen LogP contribution >= 0.6 is 11.6 Å². The normalized spacial score (nSPS) is 13.6. The zero-order chi connectivity index (χ0) is 15.2. The van der Waals surface area contributed by atoms with Gasteiger partial charge in [0.15, 0.2) is 0 Å². The molecule has 108 valence electrons. The van der Waals surface area contributed by atoms with E-state index < -0.39 is 5.60 Å². The Hall–Kier alpha value is -2.04. The van der Waals surface area contributed by atoms with Crippen LogP contribution in [-0.2, 0) is 5.60 Å². The highest BCUT2D eigenvalue weighted by Gasteiger charge is 2.22. The maximum absolute atomic E-state index is 12.3. The summed E-state index contributed by atoms with van der Waals surface area (Å²) >= 11 is 5.99. The molecule has 3 rings (SSSR count). The SMILES string of the molecule is CC(C)(O)c1ccc2c(c1)NC(=O)c1ccc(Cl)cc1N2. The fourth-order valence-electron chi connectivity index (χ4n) is 2.29. The maximum Gasteiger partial charge on any atom is 0.257 e. The number of fused-ring (bicyclic) bond motifs is 2. The molecule has 3 N–H and O–H groups in total. The fraction of sp³-hybridized carbons (Fsp3) is 0.188. The van der Waals surface area contributed by atoms with Crippen molar-refractivity contribution in [1.29, 1.82) is 0 Å². The van der Waals surface area contributed by atoms with Gasteiger partial charge in [0.1, 0.15) is 0 Å². The number of carbonyl (C=O) groups is 1. The monoisotopic (exact) mass is 302 g/mol. The van der Waals surface area contributed by atoms with Crippen molar-refractivity contribution in [3.8, 4) is 0 Å². The second-order valence-electron chi connectivity index (χ2n) is 5.59. The van der Waals surface area contributed by atoms with Crippen LogP contribution < -0.4 is 10.6 Å². The highest BCUT2D eigenvalue weighted by molar-refractivity contribution is 6.31. The Morgan fingerprint density at radius 1 is 1.00 bits per heavy atom. The van der Waals surface area contributed by atoms with Gasteiger partial charge < -0.3 is 15.7 Å². The molecule has 0 bridgehead atoms. The second kappa shape index (κ2) is 4.76. The van der Waals surface area contributed by atoms with E-state index in [1.807, 2.05) is 12.1 Å². The van der Waals surface area contributed by atoms with E-state index in [4.69, 9.17) is 11.6 Å². The summed E-state index contributed by atoms with van der Waals surface area (Å²) in [6.45, 7) is 3.41. The predicted molar refractivity (Wildman–Crippen MR) is 84.4 cm³/mol. The third-order valence-electron chi connectivity index (χ3n) is 3.47. The predicted octanol–water partition coefficient (Wildman–Crippen LogP) is 3.88. The smallest absolute Gasteiger partial charge is 0.257 e. The van der Waals surface area contributed by atoms with Gasteiger partial charge in [0.2, 0.25) is 0 Å². The Balaban J connectivity index is 2.10. The number of hydrogen-bond donors (Lipinski definition) is 3. The Bertz CT molecular complexity index is 736. The lowest BCUT2D eigenvalue weighted by Crippen LogP contribution is -2.16. The molecule has 0 radical (unpaired) electrons. The fourth-order valence-corrected chi connectivity index (χ4v) is 2.46. The number of anilines is 3. The average molecular weight is 303 g/mol. The van der Waals surface area contributed by atoms with Gasteiger partial charge >= 0.3 is 0 Å². The van der Waals surface area contributed by atoms with Gasteiger partial charge in [-0.3, -0.25) is 4.79 Å². The number of nitrogens with one attached hydrogen (secondary N) is 2. The number of halogens is 1. The van der Waals surface area contributed by atoms with E-state index in [0.29, 0.717) is 22.0 Å². The first-order chi connectivity index (χ1) is 9.84. The zero-order valence-corrected chi connectivity index (χ0v) is 12.5. The summed E-state index contributed by atoms with van der Waals surface area (Å²) < 4.78 is 0. The molecule has 0 fully saturated rings. The van der Waals surface area contributed by atoms with Gasteiger partial charge in [-0.05, 0) is 49.7 Å². The average Bonchev–Trinajstić information content (AvgIpc) is 2.52. The van der Waals surface area contributed by atoms with E-state index in [0.717, 1.165) is 11.3 Å². The lowest BCUT2D eigenvalue weighted by atomic mass is 9.97. The van der Waals surface area contributed by atoms with E-state index in [1.165, 1.54) is 0 Å². The van der Waals surface area contributed by atoms with Crippen molar-refractivity contribution in [2.75, 3.05) is 10.6 Å². The van der Waals surface area contributed by atoms with Crippen LogP contribution in [0.3, 0.4) is 0 Å². The van der Waals surface area contributed by atoms with Crippen molar-refractivity contribution in [1.82, 2.24) is 0 Å². The van der Waals surface area contributed by atoms with Crippen molar-refractivity contribution >= 4 is 34.6 Å². The Labute approximate surface area is 127 Å². The van der Waals surface area contributed by atoms with Crippen LogP contribution in [0, 0.1) is 0 Å². The summed E-state index contributed by atoms with van der Waals surface area (Å²) in [4.78, 5) is 12.3. The zero-order valence-electron chi connectivity index (χ0n) is 11.7. The summed E-state index contributed by atoms with van der Waals surface area (Å²) in [6, 6.07) is 10.5. The van der Waals surface area contributed by atoms with Gasteiger partial charge in [-0.2, -0.15) is 0 Å². The first-order valence-electron chi connectivity index (χ1n) is 6.59. The van der Waals surface area contributed by atoms with E-state index >= 15 is 0 Å². The topological polar surface area (TPSA) is 61.4 Å². The number of aliphatic hydroxyl groups is 1. The standard InChI is InChI=1S/C16H15ClN2O2/c1-16(2,21)9-3-6-12-14(7-9)19-15(20)11-5-4-10(17)8-13(11)18-12/h3-8,18,21H,1-2H3,(H,19,20). The highest BCUT2D eigenvalue weighted by Crippen LogP contribution is 2.35. The molecular formula is C16H15ClN2O2. The van der Waals surface area contributed by atoms with Crippen molar-refractivity contribution in [3.05, 3.63) is 52.5 Å². The number of rotatable bonds is 1. The van der Waals surface area contributed by atoms with E-state index in [1.54, 1.807) is 38.1 Å². The number of hydrogen-bond acceptors (Lipinski definition) is 3. The van der Waals surface area contributed by atoms with Crippen molar-refractivity contribution < 1.29 is 9.90 Å². The third kappa shape index (κ3) is 2.60. The molecule has 21 heavy (non-hydrogen) atoms. The Morgan fingerprint density at radius 2 is 1.76 bits per heavy atom. The van der Waals surface area contributed by atoms with Crippen LogP contribution in [0.5, 0.6) is 0 Å². The molecule has 0 aliphatic carbocycles. The summed E-state index contributed by atoms with van der Waals surface area (Å²) in [5.41, 5.74) is 2.34. The largest absolute Gasteiger partial charge is 0.386 e. The van der Waals surface area contributed by atoms with E-state index in [-0.39, 0.29) is 5.91 Å². The van der Waals surface area contributed by atoms with Gasteiger partial charge in [0.25, 0.3) is 5.91 Å². The molecular weight excluding hydrogens is 288 g/mol. The van der Waals surface area contributed by atoms with E-state index in [9.17, 15) is 9.90 Å². The molecule has 5 heteroatoms. The molecule has 1 amide bonds. The van der Waals surface area contributed by atoms with Crippen LogP contribution in [0.15, 0.2) is 36.4 Å². The minimum absolute atomic E-state index is 0.208. The minimum Gasteiger partial charge on any atom is -0.386 e. The number of benzene rings is 2. The summed E-state index contributed by atoms with van der Waals surface area (Å²) in [5.74, 6) is -0.208. The van der Waals surface area contributed by atoms with Crippen LogP contribution in [0.4, 0.5) is 17.1 Å². The summed E-state index contributed by atoms with van der Waals surface area (Å²) in [5, 5.41) is 16.7. The second-order valence-corrected chi connectivity index (χ2v) is 6.02. The van der Waals surface area contributed by atoms with E-state index in [2.05, 4.69) is 10.6 Å². The molecule has 1 heterocycles. The first kappa shape index (κ1) is 13.9. The third-order valence-corrected chi connectivity index (χ3v) is 3.70. The maximum atomic E-state index is 12.3. The number of carbonyl (C=O) groups excluding carboxylic acids is 1. The minimum atomic E-state index is -0.970. The molecule has 4 nitrogen and oxygen atoms in total. The molecule has 0 atom stereocenters. The van der Waals surface area contributed by atoms with Crippen molar-refractivity contribution in [3.63, 3.8) is 0 Å². The highest BCUT2D eigenvalue weighted by atomic mass is 35.5. The van der Waals surface area contributed by atoms with Gasteiger partial charge in [0, 0.05) is 5.02 Å². The van der Waals surface area contributed by atoms with Crippen LogP contribution in [-0.4, -0.2) is 11.0 Å². The Morgan fingerprint density at radius 3 is 2.48 bits per heavy atom. The van der Waals surface area contributed by atoms with Gasteiger partial charge in [-0.1, -0.05) is 17.7 Å². The Kier molecular flexibility index (Phi) is 3.15. The van der Waals surface area contributed by atoms with Gasteiger partial charge in [-0.15, -0.1) is 0 Å². The summed E-state index contributed by atoms with van der Waals surface area (Å²) in [7, 11) is 0. The first-order valence-corrected chi connectivity index (χ1v) is 6.97. The lowest BCUT2D eigenvalue weighted by molar-refractivity contribution is 0.0786. The molecule has 0 unspecified atom stereocenters. The lowest BCUT2D eigenvalue weighted by Gasteiger charge is -2.20. The quantitative estimate of drug-likeness (QED) is 0.749. The molecule has 2 aromatic carbocycles.